The van der Waals surface area contributed by atoms with E-state index < -0.39 is 29.7 Å². The SMILES string of the molecule is N#C[C@H]1C2C=CC(C2)[C@@H]1C(=O)C(F)(F)F. The van der Waals surface area contributed by atoms with Gasteiger partial charge in [-0.1, -0.05) is 12.2 Å². The molecule has 0 aromatic carbocycles. The van der Waals surface area contributed by atoms with Gasteiger partial charge in [-0.2, -0.15) is 18.4 Å². The summed E-state index contributed by atoms with van der Waals surface area (Å²) in [5.74, 6) is -4.28. The van der Waals surface area contributed by atoms with Crippen molar-refractivity contribution in [2.24, 2.45) is 23.7 Å². The van der Waals surface area contributed by atoms with E-state index in [1.54, 1.807) is 12.2 Å². The normalized spacial score (nSPS) is 38.0. The quantitative estimate of drug-likeness (QED) is 0.628. The zero-order valence-electron chi connectivity index (χ0n) is 7.66. The molecule has 15 heavy (non-hydrogen) atoms. The predicted octanol–water partition coefficient (Wildman–Crippen LogP) is 2.08. The first-order valence-electron chi connectivity index (χ1n) is 4.64. The Morgan fingerprint density at radius 2 is 1.93 bits per heavy atom. The van der Waals surface area contributed by atoms with E-state index in [2.05, 4.69) is 0 Å². The molecule has 0 radical (unpaired) electrons. The molecular weight excluding hydrogens is 207 g/mol. The minimum absolute atomic E-state index is 0.170. The Labute approximate surface area is 84.4 Å². The summed E-state index contributed by atoms with van der Waals surface area (Å²) < 4.78 is 36.8. The molecule has 2 rings (SSSR count). The molecule has 0 spiro atoms. The van der Waals surface area contributed by atoms with Crippen LogP contribution in [0.2, 0.25) is 0 Å². The Balaban J connectivity index is 2.27. The predicted molar refractivity (Wildman–Crippen MR) is 44.4 cm³/mol. The fourth-order valence-corrected chi connectivity index (χ4v) is 2.54. The third-order valence-corrected chi connectivity index (χ3v) is 3.19. The minimum Gasteiger partial charge on any atom is -0.289 e. The highest BCUT2D eigenvalue weighted by Gasteiger charge is 2.55. The molecule has 0 N–H and O–H groups in total. The molecule has 0 aliphatic heterocycles. The van der Waals surface area contributed by atoms with E-state index in [0.717, 1.165) is 0 Å². The summed E-state index contributed by atoms with van der Waals surface area (Å²) in [6.07, 6.45) is -0.936. The summed E-state index contributed by atoms with van der Waals surface area (Å²) in [5, 5.41) is 8.77. The number of hydrogen-bond acceptors (Lipinski definition) is 2. The molecule has 5 heteroatoms. The Morgan fingerprint density at radius 1 is 1.33 bits per heavy atom. The molecular formula is C10H8F3NO. The van der Waals surface area contributed by atoms with Gasteiger partial charge in [-0.3, -0.25) is 4.79 Å². The third kappa shape index (κ3) is 1.44. The number of carbonyl (C=O) groups is 1. The molecule has 4 atom stereocenters. The monoisotopic (exact) mass is 215 g/mol. The van der Waals surface area contributed by atoms with E-state index in [0.29, 0.717) is 6.42 Å². The number of carbonyl (C=O) groups excluding carboxylic acids is 1. The van der Waals surface area contributed by atoms with Crippen LogP contribution in [-0.2, 0) is 4.79 Å². The van der Waals surface area contributed by atoms with Gasteiger partial charge in [-0.25, -0.2) is 0 Å². The van der Waals surface area contributed by atoms with Gasteiger partial charge in [0.25, 0.3) is 0 Å². The van der Waals surface area contributed by atoms with Gasteiger partial charge in [-0.15, -0.1) is 0 Å². The maximum absolute atomic E-state index is 12.3. The summed E-state index contributed by atoms with van der Waals surface area (Å²) in [6.45, 7) is 0. The van der Waals surface area contributed by atoms with Crippen molar-refractivity contribution in [1.82, 2.24) is 0 Å². The van der Waals surface area contributed by atoms with Crippen LogP contribution in [-0.4, -0.2) is 12.0 Å². The summed E-state index contributed by atoms with van der Waals surface area (Å²) in [4.78, 5) is 11.1. The number of Topliss-reactive ketones (excluding diaryl/α,β-unsaturated/α-hetero) is 1. The molecule has 2 aliphatic rings. The first kappa shape index (κ1) is 10.2. The van der Waals surface area contributed by atoms with E-state index in [1.807, 2.05) is 6.07 Å². The highest BCUT2D eigenvalue weighted by atomic mass is 19.4. The first-order chi connectivity index (χ1) is 6.95. The van der Waals surface area contributed by atoms with Crippen molar-refractivity contribution < 1.29 is 18.0 Å². The number of alkyl halides is 3. The molecule has 2 bridgehead atoms. The fraction of sp³-hybridized carbons (Fsp3) is 0.600. The molecule has 2 aliphatic carbocycles. The Morgan fingerprint density at radius 3 is 2.47 bits per heavy atom. The average Bonchev–Trinajstić information content (AvgIpc) is 2.73. The lowest BCUT2D eigenvalue weighted by Gasteiger charge is -2.22. The van der Waals surface area contributed by atoms with Gasteiger partial charge in [0.15, 0.2) is 0 Å². The second-order valence-corrected chi connectivity index (χ2v) is 3.99. The number of ketones is 1. The van der Waals surface area contributed by atoms with E-state index in [9.17, 15) is 18.0 Å². The zero-order chi connectivity index (χ0) is 11.2. The van der Waals surface area contributed by atoms with Crippen molar-refractivity contribution in [3.05, 3.63) is 12.2 Å². The van der Waals surface area contributed by atoms with E-state index in [-0.39, 0.29) is 5.92 Å². The molecule has 0 aromatic rings. The van der Waals surface area contributed by atoms with Crippen molar-refractivity contribution in [3.63, 3.8) is 0 Å². The lowest BCUT2D eigenvalue weighted by Crippen LogP contribution is -2.36. The molecule has 0 amide bonds. The van der Waals surface area contributed by atoms with Gasteiger partial charge in [-0.05, 0) is 18.3 Å². The maximum Gasteiger partial charge on any atom is 0.450 e. The summed E-state index contributed by atoms with van der Waals surface area (Å²) in [7, 11) is 0. The minimum atomic E-state index is -4.82. The van der Waals surface area contributed by atoms with E-state index in [4.69, 9.17) is 5.26 Å². The van der Waals surface area contributed by atoms with E-state index >= 15 is 0 Å². The van der Waals surface area contributed by atoms with Gasteiger partial charge in [0.2, 0.25) is 5.78 Å². The van der Waals surface area contributed by atoms with Crippen LogP contribution in [0.15, 0.2) is 12.2 Å². The lowest BCUT2D eigenvalue weighted by molar-refractivity contribution is -0.177. The summed E-state index contributed by atoms with van der Waals surface area (Å²) in [5.41, 5.74) is 0. The smallest absolute Gasteiger partial charge is 0.289 e. The van der Waals surface area contributed by atoms with Crippen molar-refractivity contribution >= 4 is 5.78 Å². The second-order valence-electron chi connectivity index (χ2n) is 3.99. The van der Waals surface area contributed by atoms with Gasteiger partial charge >= 0.3 is 6.18 Å². The van der Waals surface area contributed by atoms with Crippen molar-refractivity contribution in [1.29, 1.82) is 5.26 Å². The Kier molecular flexibility index (Phi) is 2.10. The molecule has 0 heterocycles. The molecule has 2 unspecified atom stereocenters. The second kappa shape index (κ2) is 3.09. The van der Waals surface area contributed by atoms with Crippen molar-refractivity contribution in [2.75, 3.05) is 0 Å². The molecule has 1 saturated carbocycles. The lowest BCUT2D eigenvalue weighted by atomic mass is 9.81. The van der Waals surface area contributed by atoms with Crippen LogP contribution in [0, 0.1) is 35.0 Å². The standard InChI is InChI=1S/C10H8F3NO/c11-10(12,13)9(15)8-6-2-1-5(3-6)7(8)4-14/h1-2,5-8H,3H2/t5?,6?,7-,8-/m0/s1. The van der Waals surface area contributed by atoms with Gasteiger partial charge < -0.3 is 0 Å². The fourth-order valence-electron chi connectivity index (χ4n) is 2.54. The number of hydrogen-bond donors (Lipinski definition) is 0. The number of halogens is 3. The summed E-state index contributed by atoms with van der Waals surface area (Å²) in [6, 6.07) is 1.83. The van der Waals surface area contributed by atoms with Gasteiger partial charge in [0.05, 0.1) is 12.0 Å². The van der Waals surface area contributed by atoms with Crippen LogP contribution in [0.3, 0.4) is 0 Å². The molecule has 2 nitrogen and oxygen atoms in total. The highest BCUT2D eigenvalue weighted by Crippen LogP contribution is 2.49. The van der Waals surface area contributed by atoms with Gasteiger partial charge in [0, 0.05) is 5.92 Å². The van der Waals surface area contributed by atoms with Crippen molar-refractivity contribution in [2.45, 2.75) is 12.6 Å². The Hall–Kier alpha value is -1.31. The summed E-state index contributed by atoms with van der Waals surface area (Å²) >= 11 is 0. The van der Waals surface area contributed by atoms with Crippen LogP contribution < -0.4 is 0 Å². The van der Waals surface area contributed by atoms with Crippen LogP contribution in [0.25, 0.3) is 0 Å². The topological polar surface area (TPSA) is 40.9 Å². The van der Waals surface area contributed by atoms with Crippen LogP contribution in [0.4, 0.5) is 13.2 Å². The van der Waals surface area contributed by atoms with Crippen LogP contribution in [0.1, 0.15) is 6.42 Å². The molecule has 0 saturated heterocycles. The maximum atomic E-state index is 12.3. The van der Waals surface area contributed by atoms with Gasteiger partial charge in [0.1, 0.15) is 0 Å². The average molecular weight is 215 g/mol. The van der Waals surface area contributed by atoms with Crippen LogP contribution >= 0.6 is 0 Å². The number of rotatable bonds is 1. The molecule has 80 valence electrons. The highest BCUT2D eigenvalue weighted by molar-refractivity contribution is 5.88. The first-order valence-corrected chi connectivity index (χ1v) is 4.64. The zero-order valence-corrected chi connectivity index (χ0v) is 7.66. The van der Waals surface area contributed by atoms with E-state index in [1.165, 1.54) is 0 Å². The van der Waals surface area contributed by atoms with Crippen LogP contribution in [0.5, 0.6) is 0 Å². The third-order valence-electron chi connectivity index (χ3n) is 3.19. The number of nitrogens with zero attached hydrogens (tertiary/aromatic N) is 1. The number of fused-ring (bicyclic) bond motifs is 2. The molecule has 1 fully saturated rings. The Bertz CT molecular complexity index is 366. The number of allylic oxidation sites excluding steroid dienone is 2. The van der Waals surface area contributed by atoms with Crippen molar-refractivity contribution in [3.8, 4) is 6.07 Å². The number of nitriles is 1. The molecule has 0 aromatic heterocycles. The largest absolute Gasteiger partial charge is 0.450 e.